The maximum atomic E-state index is 11.9. The van der Waals surface area contributed by atoms with Gasteiger partial charge in [-0.05, 0) is 6.42 Å². The van der Waals surface area contributed by atoms with Gasteiger partial charge in [-0.25, -0.2) is 4.79 Å². The number of aromatic amines is 1. The summed E-state index contributed by atoms with van der Waals surface area (Å²) >= 11 is 0. The highest BCUT2D eigenvalue weighted by Crippen LogP contribution is 2.27. The van der Waals surface area contributed by atoms with E-state index in [2.05, 4.69) is 0 Å². The van der Waals surface area contributed by atoms with Crippen molar-refractivity contribution in [1.29, 1.82) is 0 Å². The molecule has 22 heavy (non-hydrogen) atoms. The SMILES string of the molecule is O=C(CCCO)c1cn([C@H]2C[C@H](O)[C@@H](CO)O2)c(=O)[nH]c1=O. The minimum atomic E-state index is -0.942. The molecule has 1 aliphatic rings. The van der Waals surface area contributed by atoms with Crippen molar-refractivity contribution in [3.05, 3.63) is 32.6 Å². The van der Waals surface area contributed by atoms with Crippen LogP contribution in [0.25, 0.3) is 0 Å². The second-order valence-corrected chi connectivity index (χ2v) is 5.07. The lowest BCUT2D eigenvalue weighted by atomic mass is 10.1. The summed E-state index contributed by atoms with van der Waals surface area (Å²) in [5, 5.41) is 27.5. The number of aromatic nitrogens is 2. The number of carbonyl (C=O) groups is 1. The number of Topliss-reactive ketones (excluding diaryl/α,β-unsaturated/α-hetero) is 1. The van der Waals surface area contributed by atoms with E-state index in [9.17, 15) is 19.5 Å². The van der Waals surface area contributed by atoms with Crippen molar-refractivity contribution in [3.8, 4) is 0 Å². The summed E-state index contributed by atoms with van der Waals surface area (Å²) in [6.45, 7) is -0.586. The zero-order valence-electron chi connectivity index (χ0n) is 11.8. The third-order valence-electron chi connectivity index (χ3n) is 3.52. The Morgan fingerprint density at radius 1 is 1.41 bits per heavy atom. The third-order valence-corrected chi connectivity index (χ3v) is 3.52. The summed E-state index contributed by atoms with van der Waals surface area (Å²) < 4.78 is 6.36. The number of H-pyrrole nitrogens is 1. The summed E-state index contributed by atoms with van der Waals surface area (Å²) in [5.74, 6) is -0.499. The number of aliphatic hydroxyl groups excluding tert-OH is 3. The summed E-state index contributed by atoms with van der Waals surface area (Å²) in [6, 6.07) is 0. The van der Waals surface area contributed by atoms with Crippen LogP contribution < -0.4 is 11.2 Å². The zero-order chi connectivity index (χ0) is 16.3. The number of rotatable bonds is 6. The normalized spacial score (nSPS) is 24.6. The Morgan fingerprint density at radius 2 is 2.14 bits per heavy atom. The molecule has 9 nitrogen and oxygen atoms in total. The van der Waals surface area contributed by atoms with Crippen LogP contribution in [-0.4, -0.2) is 56.1 Å². The number of ketones is 1. The van der Waals surface area contributed by atoms with Crippen LogP contribution in [0.15, 0.2) is 15.8 Å². The molecule has 0 aliphatic carbocycles. The fraction of sp³-hybridized carbons (Fsp3) is 0.615. The van der Waals surface area contributed by atoms with Gasteiger partial charge in [-0.1, -0.05) is 0 Å². The first kappa shape index (κ1) is 16.6. The van der Waals surface area contributed by atoms with Crippen LogP contribution in [0.5, 0.6) is 0 Å². The molecule has 0 radical (unpaired) electrons. The molecular weight excluding hydrogens is 296 g/mol. The minimum absolute atomic E-state index is 0.0226. The van der Waals surface area contributed by atoms with E-state index in [1.54, 1.807) is 0 Å². The Kier molecular flexibility index (Phi) is 5.24. The van der Waals surface area contributed by atoms with Crippen LogP contribution in [0, 0.1) is 0 Å². The molecule has 3 atom stereocenters. The summed E-state index contributed by atoms with van der Waals surface area (Å²) in [5.41, 5.74) is -1.78. The molecule has 1 aromatic rings. The topological polar surface area (TPSA) is 142 Å². The molecule has 0 saturated carbocycles. The molecule has 0 bridgehead atoms. The van der Waals surface area contributed by atoms with Gasteiger partial charge < -0.3 is 20.1 Å². The second-order valence-electron chi connectivity index (χ2n) is 5.07. The fourth-order valence-electron chi connectivity index (χ4n) is 2.32. The van der Waals surface area contributed by atoms with Gasteiger partial charge >= 0.3 is 5.69 Å². The van der Waals surface area contributed by atoms with Crippen LogP contribution in [0.2, 0.25) is 0 Å². The molecule has 0 aromatic carbocycles. The van der Waals surface area contributed by atoms with Gasteiger partial charge in [-0.2, -0.15) is 0 Å². The van der Waals surface area contributed by atoms with Crippen molar-refractivity contribution in [2.75, 3.05) is 13.2 Å². The predicted molar refractivity (Wildman–Crippen MR) is 73.6 cm³/mol. The average Bonchev–Trinajstić information content (AvgIpc) is 2.85. The van der Waals surface area contributed by atoms with Gasteiger partial charge in [0.2, 0.25) is 0 Å². The molecule has 1 aromatic heterocycles. The molecule has 1 saturated heterocycles. The van der Waals surface area contributed by atoms with Crippen LogP contribution in [0.3, 0.4) is 0 Å². The number of nitrogens with zero attached hydrogens (tertiary/aromatic N) is 1. The average molecular weight is 314 g/mol. The number of carbonyl (C=O) groups excluding carboxylic acids is 1. The maximum Gasteiger partial charge on any atom is 0.330 e. The van der Waals surface area contributed by atoms with Crippen molar-refractivity contribution < 1.29 is 24.9 Å². The van der Waals surface area contributed by atoms with Gasteiger partial charge in [0.25, 0.3) is 5.56 Å². The predicted octanol–water partition coefficient (Wildman–Crippen LogP) is -1.87. The Labute approximate surface area is 124 Å². The van der Waals surface area contributed by atoms with E-state index >= 15 is 0 Å². The minimum Gasteiger partial charge on any atom is -0.396 e. The lowest BCUT2D eigenvalue weighted by Gasteiger charge is -2.15. The largest absolute Gasteiger partial charge is 0.396 e. The smallest absolute Gasteiger partial charge is 0.330 e. The highest BCUT2D eigenvalue weighted by molar-refractivity contribution is 5.95. The lowest BCUT2D eigenvalue weighted by Crippen LogP contribution is -2.35. The van der Waals surface area contributed by atoms with Crippen LogP contribution >= 0.6 is 0 Å². The fourth-order valence-corrected chi connectivity index (χ4v) is 2.32. The highest BCUT2D eigenvalue weighted by atomic mass is 16.5. The molecule has 0 amide bonds. The third kappa shape index (κ3) is 3.33. The zero-order valence-corrected chi connectivity index (χ0v) is 11.8. The number of nitrogens with one attached hydrogen (secondary N) is 1. The Balaban J connectivity index is 2.31. The van der Waals surface area contributed by atoms with E-state index in [1.807, 2.05) is 4.98 Å². The maximum absolute atomic E-state index is 11.9. The van der Waals surface area contributed by atoms with Crippen molar-refractivity contribution in [1.82, 2.24) is 9.55 Å². The van der Waals surface area contributed by atoms with Gasteiger partial charge in [0.05, 0.1) is 18.3 Å². The van der Waals surface area contributed by atoms with Gasteiger partial charge in [0.1, 0.15) is 12.3 Å². The van der Waals surface area contributed by atoms with E-state index in [0.29, 0.717) is 0 Å². The first-order valence-electron chi connectivity index (χ1n) is 6.91. The molecule has 1 aliphatic heterocycles. The molecular formula is C13H18N2O7. The van der Waals surface area contributed by atoms with E-state index in [0.717, 1.165) is 10.8 Å². The monoisotopic (exact) mass is 314 g/mol. The number of ether oxygens (including phenoxy) is 1. The van der Waals surface area contributed by atoms with Crippen molar-refractivity contribution in [3.63, 3.8) is 0 Å². The van der Waals surface area contributed by atoms with E-state index < -0.39 is 42.1 Å². The van der Waals surface area contributed by atoms with Gasteiger partial charge in [0.15, 0.2) is 5.78 Å². The van der Waals surface area contributed by atoms with E-state index in [1.165, 1.54) is 0 Å². The lowest BCUT2D eigenvalue weighted by molar-refractivity contribution is -0.0459. The van der Waals surface area contributed by atoms with Crippen molar-refractivity contribution >= 4 is 5.78 Å². The van der Waals surface area contributed by atoms with Crippen molar-refractivity contribution in [2.24, 2.45) is 0 Å². The number of aliphatic hydroxyl groups is 3. The van der Waals surface area contributed by atoms with Crippen LogP contribution in [-0.2, 0) is 4.74 Å². The highest BCUT2D eigenvalue weighted by Gasteiger charge is 2.35. The summed E-state index contributed by atoms with van der Waals surface area (Å²) in [4.78, 5) is 37.5. The quantitative estimate of drug-likeness (QED) is 0.451. The molecule has 0 unspecified atom stereocenters. The Hall–Kier alpha value is -1.81. The van der Waals surface area contributed by atoms with Crippen LogP contribution in [0.1, 0.15) is 35.8 Å². The Bertz CT molecular complexity index is 651. The van der Waals surface area contributed by atoms with Crippen LogP contribution in [0.4, 0.5) is 0 Å². The van der Waals surface area contributed by atoms with Gasteiger partial charge in [0, 0.05) is 25.6 Å². The first-order chi connectivity index (χ1) is 10.5. The molecule has 0 spiro atoms. The standard InChI is InChI=1S/C13H18N2O7/c16-3-1-2-8(18)7-5-15(13(21)14-12(7)20)11-4-9(19)10(6-17)22-11/h5,9-11,16-17,19H,1-4,6H2,(H,14,20,21)/t9-,10+,11+/m0/s1. The van der Waals surface area contributed by atoms with E-state index in [-0.39, 0.29) is 31.4 Å². The van der Waals surface area contributed by atoms with Gasteiger partial charge in [-0.3, -0.25) is 19.1 Å². The molecule has 2 heterocycles. The molecule has 4 N–H and O–H groups in total. The molecule has 122 valence electrons. The first-order valence-corrected chi connectivity index (χ1v) is 6.91. The van der Waals surface area contributed by atoms with Gasteiger partial charge in [-0.15, -0.1) is 0 Å². The van der Waals surface area contributed by atoms with Crippen molar-refractivity contribution in [2.45, 2.75) is 37.7 Å². The Morgan fingerprint density at radius 3 is 2.73 bits per heavy atom. The number of hydrogen-bond acceptors (Lipinski definition) is 7. The molecule has 1 fully saturated rings. The molecule has 2 rings (SSSR count). The van der Waals surface area contributed by atoms with E-state index in [4.69, 9.17) is 14.9 Å². The number of hydrogen-bond donors (Lipinski definition) is 4. The molecule has 9 heteroatoms. The summed E-state index contributed by atoms with van der Waals surface area (Å²) in [6.07, 6.45) is -1.30. The summed E-state index contributed by atoms with van der Waals surface area (Å²) in [7, 11) is 0. The second kappa shape index (κ2) is 6.97.